The standard InChI is InChI=1S/C23H18BrClN4O3S/c1-15-22(23(30)29(27-15)20-4-2-3-17(25)13-20)14-26-18-9-11-21(12-10-18)33(31,32)28-19-7-5-16(24)6-8-19/h2-14,26-28H,1H2. The maximum Gasteiger partial charge on any atom is 0.280 e. The van der Waals surface area contributed by atoms with Gasteiger partial charge in [-0.05, 0) is 66.7 Å². The van der Waals surface area contributed by atoms with Crippen molar-refractivity contribution in [3.8, 4) is 5.69 Å². The molecule has 0 aliphatic carbocycles. The highest BCUT2D eigenvalue weighted by atomic mass is 79.9. The van der Waals surface area contributed by atoms with E-state index in [0.717, 1.165) is 4.47 Å². The molecule has 1 heterocycles. The van der Waals surface area contributed by atoms with E-state index < -0.39 is 10.0 Å². The molecule has 0 saturated carbocycles. The normalized spacial score (nSPS) is 12.0. The molecule has 0 radical (unpaired) electrons. The van der Waals surface area contributed by atoms with E-state index in [4.69, 9.17) is 11.6 Å². The largest absolute Gasteiger partial charge is 0.361 e. The Kier molecular flexibility index (Phi) is 6.46. The highest BCUT2D eigenvalue weighted by Crippen LogP contribution is 2.20. The van der Waals surface area contributed by atoms with Gasteiger partial charge in [-0.1, -0.05) is 40.2 Å². The second-order valence-electron chi connectivity index (χ2n) is 7.05. The van der Waals surface area contributed by atoms with E-state index in [2.05, 4.69) is 37.6 Å². The van der Waals surface area contributed by atoms with E-state index in [1.807, 2.05) is 0 Å². The second-order valence-corrected chi connectivity index (χ2v) is 10.1. The number of aromatic amines is 1. The summed E-state index contributed by atoms with van der Waals surface area (Å²) in [4.78, 5) is 12.9. The minimum atomic E-state index is -3.74. The molecule has 3 aromatic carbocycles. The summed E-state index contributed by atoms with van der Waals surface area (Å²) in [5.41, 5.74) is 1.35. The molecule has 3 N–H and O–H groups in total. The molecule has 0 amide bonds. The van der Waals surface area contributed by atoms with Crippen molar-refractivity contribution in [2.45, 2.75) is 4.90 Å². The van der Waals surface area contributed by atoms with E-state index >= 15 is 0 Å². The number of halogens is 2. The molecule has 10 heteroatoms. The van der Waals surface area contributed by atoms with Crippen LogP contribution in [0.15, 0.2) is 87.0 Å². The smallest absolute Gasteiger partial charge is 0.280 e. The highest BCUT2D eigenvalue weighted by molar-refractivity contribution is 9.10. The molecular formula is C23H18BrClN4O3S. The van der Waals surface area contributed by atoms with Crippen molar-refractivity contribution in [1.82, 2.24) is 9.78 Å². The third kappa shape index (κ3) is 5.22. The average Bonchev–Trinajstić information content (AvgIpc) is 3.07. The van der Waals surface area contributed by atoms with Gasteiger partial charge in [-0.3, -0.25) is 14.6 Å². The van der Waals surface area contributed by atoms with Gasteiger partial charge in [-0.15, -0.1) is 0 Å². The molecule has 0 atom stereocenters. The minimum absolute atomic E-state index is 0.110. The van der Waals surface area contributed by atoms with E-state index in [1.54, 1.807) is 60.7 Å². The van der Waals surface area contributed by atoms with E-state index in [-0.39, 0.29) is 10.5 Å². The predicted octanol–water partition coefficient (Wildman–Crippen LogP) is 3.64. The molecule has 1 aromatic heterocycles. The third-order valence-corrected chi connectivity index (χ3v) is 6.88. The lowest BCUT2D eigenvalue weighted by molar-refractivity contribution is 0.601. The lowest BCUT2D eigenvalue weighted by Gasteiger charge is -2.09. The van der Waals surface area contributed by atoms with E-state index in [1.165, 1.54) is 23.0 Å². The first-order valence-electron chi connectivity index (χ1n) is 9.64. The summed E-state index contributed by atoms with van der Waals surface area (Å²) >= 11 is 9.33. The van der Waals surface area contributed by atoms with Crippen LogP contribution in [-0.2, 0) is 10.0 Å². The summed E-state index contributed by atoms with van der Waals surface area (Å²) in [6, 6.07) is 19.9. The molecule has 0 spiro atoms. The lowest BCUT2D eigenvalue weighted by Crippen LogP contribution is -2.34. The number of sulfonamides is 1. The van der Waals surface area contributed by atoms with Crippen molar-refractivity contribution in [1.29, 1.82) is 0 Å². The van der Waals surface area contributed by atoms with Crippen LogP contribution < -0.4 is 26.2 Å². The predicted molar refractivity (Wildman–Crippen MR) is 136 cm³/mol. The molecule has 0 fully saturated rings. The molecule has 0 aliphatic rings. The van der Waals surface area contributed by atoms with Crippen LogP contribution in [-0.4, -0.2) is 18.2 Å². The number of hydrogen-bond acceptors (Lipinski definition) is 4. The van der Waals surface area contributed by atoms with Crippen molar-refractivity contribution in [2.24, 2.45) is 0 Å². The fraction of sp³-hybridized carbons (Fsp3) is 0. The Morgan fingerprint density at radius 3 is 2.33 bits per heavy atom. The van der Waals surface area contributed by atoms with Crippen molar-refractivity contribution in [3.05, 3.63) is 103 Å². The first-order valence-corrected chi connectivity index (χ1v) is 12.3. The van der Waals surface area contributed by atoms with Gasteiger partial charge >= 0.3 is 0 Å². The van der Waals surface area contributed by atoms with Crippen molar-refractivity contribution >= 4 is 61.7 Å². The van der Waals surface area contributed by atoms with Crippen LogP contribution in [0.2, 0.25) is 5.02 Å². The number of anilines is 2. The zero-order valence-electron chi connectivity index (χ0n) is 17.0. The van der Waals surface area contributed by atoms with Gasteiger partial charge in [0.25, 0.3) is 15.6 Å². The Labute approximate surface area is 203 Å². The summed E-state index contributed by atoms with van der Waals surface area (Å²) in [6.07, 6.45) is 1.52. The van der Waals surface area contributed by atoms with Crippen LogP contribution in [0.3, 0.4) is 0 Å². The van der Waals surface area contributed by atoms with Crippen LogP contribution in [0.4, 0.5) is 11.4 Å². The van der Waals surface area contributed by atoms with Gasteiger partial charge in [0.1, 0.15) is 0 Å². The molecule has 0 aliphatic heterocycles. The minimum Gasteiger partial charge on any atom is -0.361 e. The molecule has 4 rings (SSSR count). The number of rotatable bonds is 6. The maximum atomic E-state index is 12.8. The monoisotopic (exact) mass is 544 g/mol. The number of nitrogens with zero attached hydrogens (tertiary/aromatic N) is 1. The quantitative estimate of drug-likeness (QED) is 0.345. The topological polar surface area (TPSA) is 96.0 Å². The number of H-pyrrole nitrogens is 1. The number of benzene rings is 3. The van der Waals surface area contributed by atoms with Crippen LogP contribution in [0.1, 0.15) is 0 Å². The first-order chi connectivity index (χ1) is 15.7. The third-order valence-electron chi connectivity index (χ3n) is 4.72. The maximum absolute atomic E-state index is 12.8. The molecule has 0 unspecified atom stereocenters. The Hall–Kier alpha value is -3.27. The second kappa shape index (κ2) is 9.30. The summed E-state index contributed by atoms with van der Waals surface area (Å²) < 4.78 is 30.0. The molecule has 168 valence electrons. The van der Waals surface area contributed by atoms with Gasteiger partial charge in [0.05, 0.1) is 21.2 Å². The van der Waals surface area contributed by atoms with Crippen molar-refractivity contribution in [2.75, 3.05) is 10.0 Å². The zero-order valence-corrected chi connectivity index (χ0v) is 20.2. The molecule has 7 nitrogen and oxygen atoms in total. The average molecular weight is 546 g/mol. The van der Waals surface area contributed by atoms with Gasteiger partial charge in [-0.25, -0.2) is 13.1 Å². The van der Waals surface area contributed by atoms with Crippen LogP contribution >= 0.6 is 27.5 Å². The Bertz CT molecular complexity index is 1580. The first kappa shape index (κ1) is 22.9. The van der Waals surface area contributed by atoms with Gasteiger partial charge in [-0.2, -0.15) is 0 Å². The van der Waals surface area contributed by atoms with Gasteiger partial charge in [0.2, 0.25) is 0 Å². The Morgan fingerprint density at radius 1 is 1.00 bits per heavy atom. The molecule has 4 aromatic rings. The van der Waals surface area contributed by atoms with E-state index in [0.29, 0.717) is 32.7 Å². The molecular weight excluding hydrogens is 528 g/mol. The molecule has 33 heavy (non-hydrogen) atoms. The zero-order chi connectivity index (χ0) is 23.6. The number of nitrogens with one attached hydrogen (secondary N) is 3. The van der Waals surface area contributed by atoms with Crippen LogP contribution in [0.25, 0.3) is 18.5 Å². The fourth-order valence-corrected chi connectivity index (χ4v) is 4.57. The molecule has 0 bridgehead atoms. The molecule has 0 saturated heterocycles. The lowest BCUT2D eigenvalue weighted by atomic mass is 10.3. The highest BCUT2D eigenvalue weighted by Gasteiger charge is 2.14. The number of hydrogen-bond donors (Lipinski definition) is 3. The van der Waals surface area contributed by atoms with Gasteiger partial charge < -0.3 is 5.32 Å². The van der Waals surface area contributed by atoms with Crippen molar-refractivity contribution < 1.29 is 8.42 Å². The van der Waals surface area contributed by atoms with Gasteiger partial charge in [0, 0.05) is 27.1 Å². The Morgan fingerprint density at radius 2 is 1.67 bits per heavy atom. The fourth-order valence-electron chi connectivity index (χ4n) is 3.06. The van der Waals surface area contributed by atoms with E-state index in [9.17, 15) is 13.2 Å². The summed E-state index contributed by atoms with van der Waals surface area (Å²) in [6.45, 7) is 3.88. The summed E-state index contributed by atoms with van der Waals surface area (Å²) in [7, 11) is -3.74. The van der Waals surface area contributed by atoms with Crippen LogP contribution in [0, 0.1) is 0 Å². The SMILES string of the molecule is C=c1[nH]n(-c2cccc(Cl)c2)c(=O)c1=CNc1ccc(S(=O)(=O)Nc2ccc(Br)cc2)cc1. The van der Waals surface area contributed by atoms with Crippen LogP contribution in [0.5, 0.6) is 0 Å². The summed E-state index contributed by atoms with van der Waals surface area (Å²) in [5.74, 6) is 0. The number of aromatic nitrogens is 2. The van der Waals surface area contributed by atoms with Gasteiger partial charge in [0.15, 0.2) is 0 Å². The summed E-state index contributed by atoms with van der Waals surface area (Å²) in [5, 5.41) is 7.20. The Balaban J connectivity index is 1.55. The van der Waals surface area contributed by atoms with Crippen molar-refractivity contribution in [3.63, 3.8) is 0 Å².